The van der Waals surface area contributed by atoms with E-state index in [2.05, 4.69) is 20.4 Å². The van der Waals surface area contributed by atoms with Crippen molar-refractivity contribution in [3.05, 3.63) is 78.5 Å². The summed E-state index contributed by atoms with van der Waals surface area (Å²) in [5.41, 5.74) is 2.26. The molecule has 2 aromatic heterocycles. The zero-order valence-corrected chi connectivity index (χ0v) is 12.8. The lowest BCUT2D eigenvalue weighted by molar-refractivity contribution is 0.621. The average molecular weight is 335 g/mol. The molecule has 0 saturated carbocycles. The molecule has 0 radical (unpaired) electrons. The number of benzene rings is 2. The van der Waals surface area contributed by atoms with Crippen LogP contribution in [0.2, 0.25) is 0 Å². The van der Waals surface area contributed by atoms with Gasteiger partial charge in [0.05, 0.1) is 5.69 Å². The van der Waals surface area contributed by atoms with Gasteiger partial charge >= 0.3 is 0 Å². The second-order valence-corrected chi connectivity index (χ2v) is 5.32. The van der Waals surface area contributed by atoms with Gasteiger partial charge in [-0.05, 0) is 52.7 Å². The fraction of sp³-hybridized carbons (Fsp3) is 0. The molecular weight excluding hydrogens is 324 g/mol. The van der Waals surface area contributed by atoms with E-state index in [9.17, 15) is 8.78 Å². The Morgan fingerprint density at radius 1 is 0.800 bits per heavy atom. The van der Waals surface area contributed by atoms with Crippen LogP contribution in [0.25, 0.3) is 28.3 Å². The molecule has 5 nitrogen and oxygen atoms in total. The van der Waals surface area contributed by atoms with Crippen LogP contribution in [0, 0.1) is 11.6 Å². The SMILES string of the molecule is Fc1ccc(-c2cc(F)cc(-n3nnc(-c4ccccn4)n3)c2)cc1. The minimum Gasteiger partial charge on any atom is -0.253 e. The Labute approximate surface area is 141 Å². The minimum absolute atomic E-state index is 0.341. The zero-order chi connectivity index (χ0) is 17.2. The summed E-state index contributed by atoms with van der Waals surface area (Å²) in [6, 6.07) is 15.6. The Balaban J connectivity index is 1.74. The summed E-state index contributed by atoms with van der Waals surface area (Å²) in [5, 5.41) is 12.2. The van der Waals surface area contributed by atoms with E-state index < -0.39 is 5.82 Å². The third kappa shape index (κ3) is 3.12. The van der Waals surface area contributed by atoms with Crippen LogP contribution in [0.5, 0.6) is 0 Å². The largest absolute Gasteiger partial charge is 0.253 e. The Morgan fingerprint density at radius 3 is 2.40 bits per heavy atom. The van der Waals surface area contributed by atoms with E-state index >= 15 is 0 Å². The molecule has 2 aromatic carbocycles. The van der Waals surface area contributed by atoms with Gasteiger partial charge in [0.2, 0.25) is 5.82 Å². The number of hydrogen-bond acceptors (Lipinski definition) is 4. The summed E-state index contributed by atoms with van der Waals surface area (Å²) in [4.78, 5) is 5.40. The third-order valence-corrected chi connectivity index (χ3v) is 3.60. The standard InChI is InChI=1S/C18H11F2N5/c19-14-6-4-12(5-7-14)13-9-15(20)11-16(10-13)25-23-18(22-24-25)17-3-1-2-8-21-17/h1-11H. The number of halogens is 2. The Morgan fingerprint density at radius 2 is 1.64 bits per heavy atom. The fourth-order valence-electron chi connectivity index (χ4n) is 2.42. The minimum atomic E-state index is -0.450. The molecule has 0 N–H and O–H groups in total. The van der Waals surface area contributed by atoms with E-state index in [0.717, 1.165) is 0 Å². The van der Waals surface area contributed by atoms with E-state index in [-0.39, 0.29) is 5.82 Å². The number of aromatic nitrogens is 5. The molecule has 0 aliphatic heterocycles. The highest BCUT2D eigenvalue weighted by molar-refractivity contribution is 5.66. The number of tetrazole rings is 1. The molecule has 0 atom stereocenters. The van der Waals surface area contributed by atoms with Crippen LogP contribution in [0.1, 0.15) is 0 Å². The van der Waals surface area contributed by atoms with Crippen molar-refractivity contribution in [1.29, 1.82) is 0 Å². The van der Waals surface area contributed by atoms with Gasteiger partial charge < -0.3 is 0 Å². The van der Waals surface area contributed by atoms with Gasteiger partial charge in [-0.25, -0.2) is 8.78 Å². The molecule has 122 valence electrons. The van der Waals surface area contributed by atoms with Gasteiger partial charge in [0.1, 0.15) is 17.3 Å². The third-order valence-electron chi connectivity index (χ3n) is 3.60. The maximum absolute atomic E-state index is 14.0. The van der Waals surface area contributed by atoms with Crippen LogP contribution < -0.4 is 0 Å². The number of pyridine rings is 1. The van der Waals surface area contributed by atoms with Crippen molar-refractivity contribution in [3.63, 3.8) is 0 Å². The molecule has 0 unspecified atom stereocenters. The maximum atomic E-state index is 14.0. The second kappa shape index (κ2) is 6.20. The highest BCUT2D eigenvalue weighted by atomic mass is 19.1. The summed E-state index contributed by atoms with van der Waals surface area (Å²) >= 11 is 0. The van der Waals surface area contributed by atoms with Gasteiger partial charge in [-0.1, -0.05) is 18.2 Å². The second-order valence-electron chi connectivity index (χ2n) is 5.32. The normalized spacial score (nSPS) is 10.8. The summed E-state index contributed by atoms with van der Waals surface area (Å²) in [7, 11) is 0. The van der Waals surface area contributed by atoms with E-state index in [0.29, 0.717) is 28.3 Å². The fourth-order valence-corrected chi connectivity index (χ4v) is 2.42. The van der Waals surface area contributed by atoms with Crippen LogP contribution >= 0.6 is 0 Å². The van der Waals surface area contributed by atoms with Crippen LogP contribution in [0.15, 0.2) is 66.9 Å². The Kier molecular flexibility index (Phi) is 3.74. The lowest BCUT2D eigenvalue weighted by atomic mass is 10.0. The summed E-state index contributed by atoms with van der Waals surface area (Å²) in [5.74, 6) is -0.458. The van der Waals surface area contributed by atoms with Crippen molar-refractivity contribution in [3.8, 4) is 28.3 Å². The Hall–Kier alpha value is -3.48. The molecule has 0 aliphatic rings. The summed E-state index contributed by atoms with van der Waals surface area (Å²) in [6.45, 7) is 0. The molecule has 0 saturated heterocycles. The molecule has 0 spiro atoms. The van der Waals surface area contributed by atoms with Crippen molar-refractivity contribution in [2.45, 2.75) is 0 Å². The van der Waals surface area contributed by atoms with Gasteiger partial charge in [-0.2, -0.15) is 0 Å². The number of hydrogen-bond donors (Lipinski definition) is 0. The van der Waals surface area contributed by atoms with Crippen molar-refractivity contribution < 1.29 is 8.78 Å². The lowest BCUT2D eigenvalue weighted by Crippen LogP contribution is -2.00. The highest BCUT2D eigenvalue weighted by Crippen LogP contribution is 2.24. The first-order valence-electron chi connectivity index (χ1n) is 7.47. The van der Waals surface area contributed by atoms with Crippen LogP contribution in [0.4, 0.5) is 8.78 Å². The summed E-state index contributed by atoms with van der Waals surface area (Å²) < 4.78 is 27.1. The number of nitrogens with zero attached hydrogens (tertiary/aromatic N) is 5. The zero-order valence-electron chi connectivity index (χ0n) is 12.8. The monoisotopic (exact) mass is 335 g/mol. The molecule has 0 bridgehead atoms. The van der Waals surface area contributed by atoms with Gasteiger partial charge in [0, 0.05) is 12.3 Å². The van der Waals surface area contributed by atoms with E-state index in [1.54, 1.807) is 36.5 Å². The van der Waals surface area contributed by atoms with E-state index in [1.807, 2.05) is 6.07 Å². The van der Waals surface area contributed by atoms with E-state index in [1.165, 1.54) is 29.1 Å². The van der Waals surface area contributed by atoms with Crippen molar-refractivity contribution in [2.75, 3.05) is 0 Å². The Bertz CT molecular complexity index is 1010. The predicted molar refractivity (Wildman–Crippen MR) is 87.7 cm³/mol. The molecule has 4 rings (SSSR count). The molecule has 0 amide bonds. The molecule has 0 fully saturated rings. The van der Waals surface area contributed by atoms with Crippen molar-refractivity contribution in [2.24, 2.45) is 0 Å². The highest BCUT2D eigenvalue weighted by Gasteiger charge is 2.11. The maximum Gasteiger partial charge on any atom is 0.223 e. The smallest absolute Gasteiger partial charge is 0.223 e. The number of rotatable bonds is 3. The van der Waals surface area contributed by atoms with Crippen molar-refractivity contribution in [1.82, 2.24) is 25.2 Å². The van der Waals surface area contributed by atoms with Crippen LogP contribution in [-0.4, -0.2) is 25.2 Å². The van der Waals surface area contributed by atoms with Crippen LogP contribution in [-0.2, 0) is 0 Å². The molecule has 0 aliphatic carbocycles. The van der Waals surface area contributed by atoms with Crippen LogP contribution in [0.3, 0.4) is 0 Å². The van der Waals surface area contributed by atoms with E-state index in [4.69, 9.17) is 0 Å². The molecule has 25 heavy (non-hydrogen) atoms. The molecule has 4 aromatic rings. The average Bonchev–Trinajstić information content (AvgIpc) is 3.13. The van der Waals surface area contributed by atoms with Gasteiger partial charge in [-0.15, -0.1) is 15.0 Å². The first-order chi connectivity index (χ1) is 12.2. The first-order valence-corrected chi connectivity index (χ1v) is 7.47. The van der Waals surface area contributed by atoms with Gasteiger partial charge in [0.25, 0.3) is 0 Å². The molecule has 7 heteroatoms. The predicted octanol–water partition coefficient (Wildman–Crippen LogP) is 3.67. The first kappa shape index (κ1) is 15.1. The van der Waals surface area contributed by atoms with Gasteiger partial charge in [0.15, 0.2) is 0 Å². The van der Waals surface area contributed by atoms with Crippen molar-refractivity contribution >= 4 is 0 Å². The topological polar surface area (TPSA) is 56.5 Å². The lowest BCUT2D eigenvalue weighted by Gasteiger charge is -2.05. The summed E-state index contributed by atoms with van der Waals surface area (Å²) in [6.07, 6.45) is 1.63. The van der Waals surface area contributed by atoms with Gasteiger partial charge in [-0.3, -0.25) is 4.98 Å². The molecular formula is C18H11F2N5. The molecule has 2 heterocycles. The quantitative estimate of drug-likeness (QED) is 0.573.